The Kier molecular flexibility index (Phi) is 4.23. The molecule has 0 spiro atoms. The number of aliphatic hydroxyl groups excluding tert-OH is 1. The van der Waals surface area contributed by atoms with Gasteiger partial charge in [0.25, 0.3) is 0 Å². The van der Waals surface area contributed by atoms with Gasteiger partial charge in [-0.2, -0.15) is 0 Å². The summed E-state index contributed by atoms with van der Waals surface area (Å²) in [5.74, 6) is 0. The predicted octanol–water partition coefficient (Wildman–Crippen LogP) is 0.720. The van der Waals surface area contributed by atoms with Crippen molar-refractivity contribution in [3.8, 4) is 0 Å². The SMILES string of the molecule is CC(O)CC1CCCCN1CC1CNC(=O)O1. The number of amides is 1. The van der Waals surface area contributed by atoms with Crippen molar-refractivity contribution in [3.63, 3.8) is 0 Å². The molecule has 98 valence electrons. The molecule has 1 amide bonds. The van der Waals surface area contributed by atoms with Gasteiger partial charge in [-0.3, -0.25) is 4.90 Å². The largest absolute Gasteiger partial charge is 0.443 e. The summed E-state index contributed by atoms with van der Waals surface area (Å²) in [6, 6.07) is 0.433. The highest BCUT2D eigenvalue weighted by Gasteiger charge is 2.29. The lowest BCUT2D eigenvalue weighted by atomic mass is 9.97. The molecule has 5 nitrogen and oxygen atoms in total. The number of hydrogen-bond donors (Lipinski definition) is 2. The van der Waals surface area contributed by atoms with Crippen molar-refractivity contribution < 1.29 is 14.6 Å². The van der Waals surface area contributed by atoms with Crippen molar-refractivity contribution in [2.45, 2.75) is 50.9 Å². The van der Waals surface area contributed by atoms with Gasteiger partial charge in [0.05, 0.1) is 12.6 Å². The van der Waals surface area contributed by atoms with Gasteiger partial charge in [-0.1, -0.05) is 6.42 Å². The van der Waals surface area contributed by atoms with Gasteiger partial charge in [0.15, 0.2) is 0 Å². The lowest BCUT2D eigenvalue weighted by molar-refractivity contribution is 0.0493. The van der Waals surface area contributed by atoms with Crippen LogP contribution in [-0.2, 0) is 4.74 Å². The van der Waals surface area contributed by atoms with Crippen LogP contribution in [0.4, 0.5) is 4.79 Å². The van der Waals surface area contributed by atoms with Crippen LogP contribution in [0.15, 0.2) is 0 Å². The van der Waals surface area contributed by atoms with Crippen LogP contribution in [0.2, 0.25) is 0 Å². The van der Waals surface area contributed by atoms with E-state index < -0.39 is 0 Å². The van der Waals surface area contributed by atoms with Crippen LogP contribution in [0.1, 0.15) is 32.6 Å². The Morgan fingerprint density at radius 3 is 3.06 bits per heavy atom. The molecule has 5 heteroatoms. The number of aliphatic hydroxyl groups is 1. The molecular formula is C12H22N2O3. The zero-order chi connectivity index (χ0) is 12.3. The van der Waals surface area contributed by atoms with Crippen LogP contribution in [0.3, 0.4) is 0 Å². The van der Waals surface area contributed by atoms with E-state index >= 15 is 0 Å². The molecule has 2 heterocycles. The van der Waals surface area contributed by atoms with Gasteiger partial charge in [-0.25, -0.2) is 4.79 Å². The third kappa shape index (κ3) is 3.57. The molecule has 0 aromatic carbocycles. The van der Waals surface area contributed by atoms with Gasteiger partial charge in [0.2, 0.25) is 0 Å². The Labute approximate surface area is 102 Å². The molecule has 2 saturated heterocycles. The van der Waals surface area contributed by atoms with E-state index in [0.717, 1.165) is 25.9 Å². The summed E-state index contributed by atoms with van der Waals surface area (Å²) in [6.07, 6.45) is 3.79. The van der Waals surface area contributed by atoms with Crippen molar-refractivity contribution in [1.82, 2.24) is 10.2 Å². The fourth-order valence-electron chi connectivity index (χ4n) is 2.76. The number of likely N-dealkylation sites (tertiary alicyclic amines) is 1. The van der Waals surface area contributed by atoms with Crippen molar-refractivity contribution >= 4 is 6.09 Å². The number of rotatable bonds is 4. The van der Waals surface area contributed by atoms with Crippen molar-refractivity contribution in [3.05, 3.63) is 0 Å². The highest BCUT2D eigenvalue weighted by Crippen LogP contribution is 2.21. The first kappa shape index (κ1) is 12.6. The summed E-state index contributed by atoms with van der Waals surface area (Å²) in [5, 5.41) is 12.2. The van der Waals surface area contributed by atoms with Crippen LogP contribution < -0.4 is 5.32 Å². The number of nitrogens with zero attached hydrogens (tertiary/aromatic N) is 1. The number of carbonyl (C=O) groups excluding carboxylic acids is 1. The molecule has 2 N–H and O–H groups in total. The summed E-state index contributed by atoms with van der Waals surface area (Å²) in [5.41, 5.74) is 0. The smallest absolute Gasteiger partial charge is 0.407 e. The van der Waals surface area contributed by atoms with E-state index in [0.29, 0.717) is 12.6 Å². The molecular weight excluding hydrogens is 220 g/mol. The Bertz CT molecular complexity index is 270. The summed E-state index contributed by atoms with van der Waals surface area (Å²) >= 11 is 0. The molecule has 17 heavy (non-hydrogen) atoms. The molecule has 0 aromatic heterocycles. The maximum absolute atomic E-state index is 11.0. The molecule has 0 aliphatic carbocycles. The second-order valence-electron chi connectivity index (χ2n) is 5.14. The zero-order valence-corrected chi connectivity index (χ0v) is 10.4. The molecule has 0 bridgehead atoms. The first-order chi connectivity index (χ1) is 8.15. The lowest BCUT2D eigenvalue weighted by Crippen LogP contribution is -2.45. The fraction of sp³-hybridized carbons (Fsp3) is 0.917. The second kappa shape index (κ2) is 5.69. The van der Waals surface area contributed by atoms with Gasteiger partial charge < -0.3 is 15.2 Å². The third-order valence-electron chi connectivity index (χ3n) is 3.55. The molecule has 2 fully saturated rings. The van der Waals surface area contributed by atoms with Crippen LogP contribution in [-0.4, -0.2) is 54.0 Å². The average Bonchev–Trinajstić information content (AvgIpc) is 2.66. The van der Waals surface area contributed by atoms with E-state index in [2.05, 4.69) is 10.2 Å². The van der Waals surface area contributed by atoms with Crippen molar-refractivity contribution in [2.75, 3.05) is 19.6 Å². The van der Waals surface area contributed by atoms with Gasteiger partial charge >= 0.3 is 6.09 Å². The quantitative estimate of drug-likeness (QED) is 0.762. The second-order valence-corrected chi connectivity index (χ2v) is 5.14. The first-order valence-electron chi connectivity index (χ1n) is 6.51. The topological polar surface area (TPSA) is 61.8 Å². The normalized spacial score (nSPS) is 32.0. The van der Waals surface area contributed by atoms with Gasteiger partial charge in [0.1, 0.15) is 6.10 Å². The number of carbonyl (C=O) groups is 1. The minimum absolute atomic E-state index is 0.0305. The number of piperidine rings is 1. The van der Waals surface area contributed by atoms with Crippen LogP contribution in [0, 0.1) is 0 Å². The van der Waals surface area contributed by atoms with Crippen LogP contribution in [0.25, 0.3) is 0 Å². The minimum Gasteiger partial charge on any atom is -0.443 e. The zero-order valence-electron chi connectivity index (χ0n) is 10.4. The Morgan fingerprint density at radius 2 is 2.41 bits per heavy atom. The van der Waals surface area contributed by atoms with E-state index in [4.69, 9.17) is 4.74 Å². The van der Waals surface area contributed by atoms with Crippen molar-refractivity contribution in [2.24, 2.45) is 0 Å². The Morgan fingerprint density at radius 1 is 1.59 bits per heavy atom. The van der Waals surface area contributed by atoms with Gasteiger partial charge in [-0.15, -0.1) is 0 Å². The average molecular weight is 242 g/mol. The fourth-order valence-corrected chi connectivity index (χ4v) is 2.76. The number of alkyl carbamates (subject to hydrolysis) is 1. The molecule has 3 atom stereocenters. The highest BCUT2D eigenvalue weighted by atomic mass is 16.6. The monoisotopic (exact) mass is 242 g/mol. The number of nitrogens with one attached hydrogen (secondary N) is 1. The molecule has 3 unspecified atom stereocenters. The lowest BCUT2D eigenvalue weighted by Gasteiger charge is -2.37. The maximum atomic E-state index is 11.0. The molecule has 0 saturated carbocycles. The molecule has 2 rings (SSSR count). The number of ether oxygens (including phenoxy) is 1. The van der Waals surface area contributed by atoms with E-state index in [1.807, 2.05) is 6.92 Å². The minimum atomic E-state index is -0.306. The van der Waals surface area contributed by atoms with Crippen LogP contribution >= 0.6 is 0 Å². The first-order valence-corrected chi connectivity index (χ1v) is 6.51. The summed E-state index contributed by atoms with van der Waals surface area (Å²) in [7, 11) is 0. The molecule has 2 aliphatic rings. The van der Waals surface area contributed by atoms with E-state index in [-0.39, 0.29) is 18.3 Å². The molecule has 0 aromatic rings. The Hall–Kier alpha value is -0.810. The summed E-state index contributed by atoms with van der Waals surface area (Å²) in [6.45, 7) is 4.28. The summed E-state index contributed by atoms with van der Waals surface area (Å²) < 4.78 is 5.16. The molecule has 2 aliphatic heterocycles. The van der Waals surface area contributed by atoms with E-state index in [1.165, 1.54) is 12.8 Å². The highest BCUT2D eigenvalue weighted by molar-refractivity contribution is 5.69. The van der Waals surface area contributed by atoms with Gasteiger partial charge in [-0.05, 0) is 32.7 Å². The van der Waals surface area contributed by atoms with E-state index in [1.54, 1.807) is 0 Å². The van der Waals surface area contributed by atoms with Crippen LogP contribution in [0.5, 0.6) is 0 Å². The predicted molar refractivity (Wildman–Crippen MR) is 63.8 cm³/mol. The van der Waals surface area contributed by atoms with Gasteiger partial charge in [0, 0.05) is 12.6 Å². The number of cyclic esters (lactones) is 1. The third-order valence-corrected chi connectivity index (χ3v) is 3.55. The number of hydrogen-bond acceptors (Lipinski definition) is 4. The molecule has 0 radical (unpaired) electrons. The summed E-state index contributed by atoms with van der Waals surface area (Å²) in [4.78, 5) is 13.3. The maximum Gasteiger partial charge on any atom is 0.407 e. The van der Waals surface area contributed by atoms with E-state index in [9.17, 15) is 9.90 Å². The standard InChI is InChI=1S/C12H22N2O3/c1-9(15)6-10-4-2-3-5-14(10)8-11-7-13-12(16)17-11/h9-11,15H,2-8H2,1H3,(H,13,16). The van der Waals surface area contributed by atoms with Crippen molar-refractivity contribution in [1.29, 1.82) is 0 Å². The Balaban J connectivity index is 1.85.